The number of hydrogen-bond donors (Lipinski definition) is 1. The minimum absolute atomic E-state index is 0.129. The zero-order chi connectivity index (χ0) is 15.4. The van der Waals surface area contributed by atoms with Crippen LogP contribution in [-0.4, -0.2) is 24.4 Å². The van der Waals surface area contributed by atoms with Crippen molar-refractivity contribution < 1.29 is 5.11 Å². The molecule has 0 bridgehead atoms. The van der Waals surface area contributed by atoms with E-state index in [1.165, 1.54) is 11.1 Å². The number of aryl methyl sites for hydroxylation is 1. The van der Waals surface area contributed by atoms with Crippen LogP contribution >= 0.6 is 0 Å². The van der Waals surface area contributed by atoms with Crippen LogP contribution < -0.4 is 0 Å². The summed E-state index contributed by atoms with van der Waals surface area (Å²) in [5, 5.41) is 15.4. The van der Waals surface area contributed by atoms with Crippen LogP contribution in [0.5, 0.6) is 0 Å². The van der Waals surface area contributed by atoms with Crippen molar-refractivity contribution in [3.63, 3.8) is 0 Å². The van der Waals surface area contributed by atoms with Gasteiger partial charge in [-0.3, -0.25) is 4.68 Å². The number of aliphatic hydroxyl groups excluding tert-OH is 1. The fourth-order valence-electron chi connectivity index (χ4n) is 4.28. The molecule has 0 saturated heterocycles. The lowest BCUT2D eigenvalue weighted by Gasteiger charge is -2.28. The predicted molar refractivity (Wildman–Crippen MR) is 85.7 cm³/mol. The number of aliphatic hydroxyl groups is 1. The summed E-state index contributed by atoms with van der Waals surface area (Å²) in [6.07, 6.45) is 7.10. The molecule has 0 amide bonds. The van der Waals surface area contributed by atoms with Gasteiger partial charge in [-0.2, -0.15) is 5.10 Å². The molecule has 2 aliphatic rings. The highest BCUT2D eigenvalue weighted by atomic mass is 16.3. The van der Waals surface area contributed by atoms with Crippen LogP contribution in [0.3, 0.4) is 0 Å². The van der Waals surface area contributed by atoms with Crippen molar-refractivity contribution in [2.45, 2.75) is 31.5 Å². The van der Waals surface area contributed by atoms with E-state index < -0.39 is 6.10 Å². The number of imidazole rings is 1. The van der Waals surface area contributed by atoms with Gasteiger partial charge >= 0.3 is 0 Å². The smallest absolute Gasteiger partial charge is 0.101 e. The van der Waals surface area contributed by atoms with Gasteiger partial charge in [0.25, 0.3) is 0 Å². The standard InChI is InChI=1S/C18H18N4O/c23-18-14(6-3-9-22-15(18)7-8-20-22)17-13-5-2-1-4-12(13)16-10-19-11-21(16)17/h1-2,4-5,7-8,10-11,14,17-18,23H,3,6,9H2/t14-,17-,18-/m1/s1. The highest BCUT2D eigenvalue weighted by Crippen LogP contribution is 2.48. The van der Waals surface area contributed by atoms with Crippen molar-refractivity contribution >= 4 is 0 Å². The Morgan fingerprint density at radius 2 is 2.09 bits per heavy atom. The molecule has 5 rings (SSSR count). The lowest BCUT2D eigenvalue weighted by atomic mass is 9.84. The van der Waals surface area contributed by atoms with E-state index in [9.17, 15) is 5.11 Å². The third-order valence-corrected chi connectivity index (χ3v) is 5.29. The molecule has 5 nitrogen and oxygen atoms in total. The van der Waals surface area contributed by atoms with E-state index in [1.54, 1.807) is 6.20 Å². The van der Waals surface area contributed by atoms with Crippen molar-refractivity contribution in [1.82, 2.24) is 19.3 Å². The van der Waals surface area contributed by atoms with Crippen LogP contribution in [-0.2, 0) is 6.54 Å². The number of fused-ring (bicyclic) bond motifs is 4. The molecule has 1 aromatic carbocycles. The molecule has 3 aromatic rings. The first-order valence-corrected chi connectivity index (χ1v) is 8.15. The maximum atomic E-state index is 11.0. The Morgan fingerprint density at radius 3 is 3.04 bits per heavy atom. The monoisotopic (exact) mass is 306 g/mol. The van der Waals surface area contributed by atoms with Crippen molar-refractivity contribution in [2.75, 3.05) is 0 Å². The van der Waals surface area contributed by atoms with Gasteiger partial charge in [-0.05, 0) is 24.5 Å². The molecule has 5 heteroatoms. The molecular formula is C18H18N4O. The van der Waals surface area contributed by atoms with Crippen LogP contribution in [0.1, 0.15) is 36.2 Å². The zero-order valence-corrected chi connectivity index (χ0v) is 12.7. The van der Waals surface area contributed by atoms with Crippen molar-refractivity contribution in [3.05, 3.63) is 60.3 Å². The minimum atomic E-state index is -0.508. The summed E-state index contributed by atoms with van der Waals surface area (Å²) in [7, 11) is 0. The summed E-state index contributed by atoms with van der Waals surface area (Å²) in [6, 6.07) is 10.6. The Hall–Kier alpha value is -2.40. The van der Waals surface area contributed by atoms with Gasteiger partial charge in [0.2, 0.25) is 0 Å². The molecule has 4 heterocycles. The average molecular weight is 306 g/mol. The van der Waals surface area contributed by atoms with Crippen molar-refractivity contribution in [2.24, 2.45) is 5.92 Å². The average Bonchev–Trinajstić information content (AvgIpc) is 3.25. The maximum absolute atomic E-state index is 11.0. The maximum Gasteiger partial charge on any atom is 0.101 e. The highest BCUT2D eigenvalue weighted by molar-refractivity contribution is 5.69. The predicted octanol–water partition coefficient (Wildman–Crippen LogP) is 2.79. The molecule has 0 fully saturated rings. The Balaban J connectivity index is 1.65. The third kappa shape index (κ3) is 1.77. The molecular weight excluding hydrogens is 288 g/mol. The summed E-state index contributed by atoms with van der Waals surface area (Å²) >= 11 is 0. The van der Waals surface area contributed by atoms with Crippen LogP contribution in [0.15, 0.2) is 49.1 Å². The molecule has 0 radical (unpaired) electrons. The summed E-state index contributed by atoms with van der Waals surface area (Å²) < 4.78 is 4.17. The summed E-state index contributed by atoms with van der Waals surface area (Å²) in [6.45, 7) is 0.876. The van der Waals surface area contributed by atoms with Gasteiger partial charge in [0.1, 0.15) is 6.10 Å². The second-order valence-electron chi connectivity index (χ2n) is 6.45. The minimum Gasteiger partial charge on any atom is -0.386 e. The zero-order valence-electron chi connectivity index (χ0n) is 12.7. The fourth-order valence-corrected chi connectivity index (χ4v) is 4.28. The Morgan fingerprint density at radius 1 is 1.17 bits per heavy atom. The molecule has 3 atom stereocenters. The first kappa shape index (κ1) is 13.1. The lowest BCUT2D eigenvalue weighted by Crippen LogP contribution is -2.23. The SMILES string of the molecule is O[C@H]1c2ccnn2CCC[C@@H]1[C@H]1c2ccccc2-c2cncn21. The van der Waals surface area contributed by atoms with Crippen molar-refractivity contribution in [3.8, 4) is 11.3 Å². The number of benzene rings is 1. The first-order chi connectivity index (χ1) is 11.3. The van der Waals surface area contributed by atoms with Crippen LogP contribution in [0.4, 0.5) is 0 Å². The van der Waals surface area contributed by atoms with Crippen LogP contribution in [0.25, 0.3) is 11.3 Å². The number of nitrogens with zero attached hydrogens (tertiary/aromatic N) is 4. The van der Waals surface area contributed by atoms with E-state index in [4.69, 9.17) is 0 Å². The van der Waals surface area contributed by atoms with Gasteiger partial charge in [0.15, 0.2) is 0 Å². The molecule has 0 unspecified atom stereocenters. The van der Waals surface area contributed by atoms with Gasteiger partial charge in [-0.15, -0.1) is 0 Å². The van der Waals surface area contributed by atoms with Gasteiger partial charge in [0.05, 0.1) is 30.0 Å². The Labute approximate surface area is 134 Å². The largest absolute Gasteiger partial charge is 0.386 e. The third-order valence-electron chi connectivity index (χ3n) is 5.29. The van der Waals surface area contributed by atoms with Gasteiger partial charge < -0.3 is 9.67 Å². The first-order valence-electron chi connectivity index (χ1n) is 8.15. The second kappa shape index (κ2) is 4.80. The quantitative estimate of drug-likeness (QED) is 0.752. The summed E-state index contributed by atoms with van der Waals surface area (Å²) in [5.74, 6) is 0.129. The van der Waals surface area contributed by atoms with Crippen LogP contribution in [0, 0.1) is 5.92 Å². The van der Waals surface area contributed by atoms with Gasteiger partial charge in [-0.1, -0.05) is 24.3 Å². The number of hydrogen-bond acceptors (Lipinski definition) is 3. The van der Waals surface area contributed by atoms with E-state index in [1.807, 2.05) is 23.3 Å². The molecule has 0 spiro atoms. The Kier molecular flexibility index (Phi) is 2.73. The molecule has 0 saturated carbocycles. The highest BCUT2D eigenvalue weighted by Gasteiger charge is 2.39. The normalized spacial score (nSPS) is 25.5. The molecule has 116 valence electrons. The topological polar surface area (TPSA) is 55.9 Å². The lowest BCUT2D eigenvalue weighted by molar-refractivity contribution is 0.0799. The van der Waals surface area contributed by atoms with E-state index in [0.717, 1.165) is 30.8 Å². The summed E-state index contributed by atoms with van der Waals surface area (Å²) in [4.78, 5) is 4.33. The van der Waals surface area contributed by atoms with E-state index in [0.29, 0.717) is 0 Å². The van der Waals surface area contributed by atoms with E-state index in [2.05, 4.69) is 38.9 Å². The molecule has 2 aromatic heterocycles. The number of rotatable bonds is 1. The summed E-state index contributed by atoms with van der Waals surface area (Å²) in [5.41, 5.74) is 4.61. The van der Waals surface area contributed by atoms with E-state index in [-0.39, 0.29) is 12.0 Å². The Bertz CT molecular complexity index is 865. The van der Waals surface area contributed by atoms with Gasteiger partial charge in [0, 0.05) is 24.2 Å². The fraction of sp³-hybridized carbons (Fsp3) is 0.333. The number of aromatic nitrogens is 4. The van der Waals surface area contributed by atoms with Gasteiger partial charge in [-0.25, -0.2) is 4.98 Å². The molecule has 23 heavy (non-hydrogen) atoms. The molecule has 0 aliphatic carbocycles. The molecule has 1 N–H and O–H groups in total. The van der Waals surface area contributed by atoms with E-state index >= 15 is 0 Å². The van der Waals surface area contributed by atoms with Crippen molar-refractivity contribution in [1.29, 1.82) is 0 Å². The second-order valence-corrected chi connectivity index (χ2v) is 6.45. The molecule has 2 aliphatic heterocycles. The van der Waals surface area contributed by atoms with Crippen LogP contribution in [0.2, 0.25) is 0 Å².